The number of aromatic amines is 1. The van der Waals surface area contributed by atoms with Gasteiger partial charge in [-0.2, -0.15) is 10.2 Å². The van der Waals surface area contributed by atoms with E-state index in [0.717, 1.165) is 10.7 Å². The lowest BCUT2D eigenvalue weighted by atomic mass is 10.1. The molecule has 0 saturated carbocycles. The van der Waals surface area contributed by atoms with Crippen LogP contribution in [0.3, 0.4) is 0 Å². The Labute approximate surface area is 184 Å². The molecule has 2 amide bonds. The van der Waals surface area contributed by atoms with Crippen molar-refractivity contribution in [1.82, 2.24) is 25.3 Å². The Balaban J connectivity index is 1.59. The molecule has 182 valence electrons. The van der Waals surface area contributed by atoms with Crippen molar-refractivity contribution in [1.29, 1.82) is 0 Å². The Morgan fingerprint density at radius 3 is 2.76 bits per heavy atom. The van der Waals surface area contributed by atoms with Crippen LogP contribution < -0.4 is 10.6 Å². The zero-order chi connectivity index (χ0) is 24.3. The second-order valence-electron chi connectivity index (χ2n) is 7.48. The molecule has 2 aromatic rings. The van der Waals surface area contributed by atoms with Gasteiger partial charge in [-0.3, -0.25) is 19.3 Å². The van der Waals surface area contributed by atoms with Crippen LogP contribution in [-0.2, 0) is 27.9 Å². The van der Waals surface area contributed by atoms with E-state index in [0.29, 0.717) is 0 Å². The highest BCUT2D eigenvalue weighted by atomic mass is 19.4. The van der Waals surface area contributed by atoms with Gasteiger partial charge in [-0.1, -0.05) is 0 Å². The first-order valence-corrected chi connectivity index (χ1v) is 9.76. The molecule has 1 saturated heterocycles. The van der Waals surface area contributed by atoms with E-state index < -0.39 is 43.3 Å². The minimum Gasteiger partial charge on any atom is -0.441 e. The summed E-state index contributed by atoms with van der Waals surface area (Å²) in [6.45, 7) is 2.43. The first kappa shape index (κ1) is 24.4. The van der Waals surface area contributed by atoms with Gasteiger partial charge < -0.3 is 20.1 Å². The molecule has 2 aromatic heterocycles. The molecule has 0 radical (unpaired) electrons. The molecule has 3 N–H and O–H groups in total. The van der Waals surface area contributed by atoms with E-state index in [2.05, 4.69) is 30.7 Å². The number of hydrogen-bond donors (Lipinski definition) is 3. The molecular formula is C18H22F4N6O5. The fourth-order valence-corrected chi connectivity index (χ4v) is 3.04. The molecular weight excluding hydrogens is 456 g/mol. The fourth-order valence-electron chi connectivity index (χ4n) is 3.04. The number of hydrogen-bond acceptors (Lipinski definition) is 7. The van der Waals surface area contributed by atoms with Crippen molar-refractivity contribution in [2.45, 2.75) is 51.2 Å². The second kappa shape index (κ2) is 9.74. The van der Waals surface area contributed by atoms with Gasteiger partial charge in [0.25, 0.3) is 5.91 Å². The van der Waals surface area contributed by atoms with Gasteiger partial charge in [-0.25, -0.2) is 9.18 Å². The average Bonchev–Trinajstić information content (AvgIpc) is 3.39. The van der Waals surface area contributed by atoms with Crippen LogP contribution in [-0.4, -0.2) is 63.3 Å². The average molecular weight is 478 g/mol. The minimum atomic E-state index is -4.83. The largest absolute Gasteiger partial charge is 0.522 e. The van der Waals surface area contributed by atoms with E-state index in [1.54, 1.807) is 13.8 Å². The number of carbonyl (C=O) groups is 2. The molecule has 15 heteroatoms. The molecule has 1 aliphatic heterocycles. The van der Waals surface area contributed by atoms with E-state index in [9.17, 15) is 27.2 Å². The lowest BCUT2D eigenvalue weighted by Gasteiger charge is -2.16. The van der Waals surface area contributed by atoms with Crippen molar-refractivity contribution in [3.05, 3.63) is 29.2 Å². The number of carbonyl (C=O) groups excluding carboxylic acids is 2. The van der Waals surface area contributed by atoms with Crippen LogP contribution in [0.2, 0.25) is 0 Å². The number of H-pyrrole nitrogens is 1. The molecule has 0 aromatic carbocycles. The third-order valence-electron chi connectivity index (χ3n) is 4.44. The molecule has 0 aliphatic carbocycles. The summed E-state index contributed by atoms with van der Waals surface area (Å²) in [5, 5.41) is 15.1. The zero-order valence-electron chi connectivity index (χ0n) is 17.8. The number of alkyl carbamates (subject to hydrolysis) is 1. The van der Waals surface area contributed by atoms with Gasteiger partial charge in [0.1, 0.15) is 18.4 Å². The Morgan fingerprint density at radius 2 is 2.09 bits per heavy atom. The van der Waals surface area contributed by atoms with Crippen LogP contribution in [0.15, 0.2) is 12.1 Å². The lowest BCUT2D eigenvalue weighted by Crippen LogP contribution is -2.36. The number of aromatic nitrogens is 4. The molecule has 33 heavy (non-hydrogen) atoms. The van der Waals surface area contributed by atoms with Crippen LogP contribution in [0, 0.1) is 0 Å². The van der Waals surface area contributed by atoms with Crippen molar-refractivity contribution >= 4 is 17.8 Å². The number of alkyl halides is 4. The predicted octanol–water partition coefficient (Wildman–Crippen LogP) is 2.34. The molecule has 3 rings (SSSR count). The smallest absolute Gasteiger partial charge is 0.441 e. The van der Waals surface area contributed by atoms with E-state index in [1.807, 2.05) is 0 Å². The molecule has 11 nitrogen and oxygen atoms in total. The van der Waals surface area contributed by atoms with Crippen molar-refractivity contribution < 1.29 is 41.4 Å². The normalized spacial score (nSPS) is 20.8. The number of rotatable bonds is 7. The van der Waals surface area contributed by atoms with Gasteiger partial charge >= 0.3 is 12.5 Å². The summed E-state index contributed by atoms with van der Waals surface area (Å²) in [6.07, 6.45) is -9.51. The first-order chi connectivity index (χ1) is 15.4. The van der Waals surface area contributed by atoms with Gasteiger partial charge in [0.15, 0.2) is 18.1 Å². The number of aryl methyl sites for hydroxylation is 1. The van der Waals surface area contributed by atoms with Crippen molar-refractivity contribution in [3.8, 4) is 0 Å². The Kier molecular flexibility index (Phi) is 7.22. The van der Waals surface area contributed by atoms with Crippen molar-refractivity contribution in [2.75, 3.05) is 11.9 Å². The molecule has 0 bridgehead atoms. The van der Waals surface area contributed by atoms with E-state index in [1.165, 1.54) is 13.1 Å². The van der Waals surface area contributed by atoms with Crippen molar-refractivity contribution in [3.63, 3.8) is 0 Å². The number of anilines is 1. The van der Waals surface area contributed by atoms with Gasteiger partial charge in [-0.05, 0) is 19.9 Å². The number of amides is 2. The number of ether oxygens (including phenoxy) is 3. The standard InChI is InChI=1S/C18H22F4N6O5/c1-8(2)23-17(30)33-12-7-31-15(14(12)19)10-5-13(26-25-10)24-16(29)11-4-9(27-28(11)3)6-32-18(20,21)22/h4-5,8,12,14-15H,6-7H2,1-3H3,(H,23,30)(H2,24,25,26,29)/t12-,14+,15-/m1/s1. The monoisotopic (exact) mass is 478 g/mol. The van der Waals surface area contributed by atoms with E-state index >= 15 is 0 Å². The molecule has 0 spiro atoms. The summed E-state index contributed by atoms with van der Waals surface area (Å²) >= 11 is 0. The van der Waals surface area contributed by atoms with Gasteiger partial charge in [0.2, 0.25) is 0 Å². The Bertz CT molecular complexity index is 991. The molecule has 3 heterocycles. The molecule has 0 unspecified atom stereocenters. The lowest BCUT2D eigenvalue weighted by molar-refractivity contribution is -0.330. The van der Waals surface area contributed by atoms with Crippen LogP contribution in [0.25, 0.3) is 0 Å². The Morgan fingerprint density at radius 1 is 1.36 bits per heavy atom. The summed E-state index contributed by atoms with van der Waals surface area (Å²) in [6, 6.07) is 2.28. The molecule has 1 aliphatic rings. The van der Waals surface area contributed by atoms with Gasteiger partial charge in [0.05, 0.1) is 18.0 Å². The maximum Gasteiger partial charge on any atom is 0.522 e. The van der Waals surface area contributed by atoms with Gasteiger partial charge in [0, 0.05) is 19.2 Å². The van der Waals surface area contributed by atoms with Crippen LogP contribution in [0.1, 0.15) is 41.8 Å². The summed E-state index contributed by atoms with van der Waals surface area (Å²) < 4.78 is 66.4. The highest BCUT2D eigenvalue weighted by Gasteiger charge is 2.42. The maximum absolute atomic E-state index is 14.7. The summed E-state index contributed by atoms with van der Waals surface area (Å²) in [5.74, 6) is -0.695. The second-order valence-corrected chi connectivity index (χ2v) is 7.48. The predicted molar refractivity (Wildman–Crippen MR) is 103 cm³/mol. The minimum absolute atomic E-state index is 0.0158. The van der Waals surface area contributed by atoms with Crippen LogP contribution >= 0.6 is 0 Å². The summed E-state index contributed by atoms with van der Waals surface area (Å²) in [5.41, 5.74) is 0.0396. The summed E-state index contributed by atoms with van der Waals surface area (Å²) in [7, 11) is 1.37. The third-order valence-corrected chi connectivity index (χ3v) is 4.44. The number of halogens is 4. The molecule has 1 fully saturated rings. The third kappa shape index (κ3) is 6.41. The Hall–Kier alpha value is -3.20. The number of nitrogens with one attached hydrogen (secondary N) is 3. The number of nitrogens with zero attached hydrogens (tertiary/aromatic N) is 3. The first-order valence-electron chi connectivity index (χ1n) is 9.76. The topological polar surface area (TPSA) is 132 Å². The van der Waals surface area contributed by atoms with E-state index in [4.69, 9.17) is 9.47 Å². The van der Waals surface area contributed by atoms with Crippen LogP contribution in [0.5, 0.6) is 0 Å². The maximum atomic E-state index is 14.7. The summed E-state index contributed by atoms with van der Waals surface area (Å²) in [4.78, 5) is 24.1. The fraction of sp³-hybridized carbons (Fsp3) is 0.556. The van der Waals surface area contributed by atoms with Crippen molar-refractivity contribution in [2.24, 2.45) is 7.05 Å². The molecule has 3 atom stereocenters. The van der Waals surface area contributed by atoms with Crippen LogP contribution in [0.4, 0.5) is 28.2 Å². The van der Waals surface area contributed by atoms with E-state index in [-0.39, 0.29) is 35.5 Å². The SMILES string of the molecule is CC(C)NC(=O)O[C@@H]1CO[C@H](c2cc(NC(=O)c3cc(COC(F)(F)F)nn3C)n[nH]2)[C@H]1F. The van der Waals surface area contributed by atoms with Gasteiger partial charge in [-0.15, -0.1) is 13.2 Å². The highest BCUT2D eigenvalue weighted by Crippen LogP contribution is 2.33. The quantitative estimate of drug-likeness (QED) is 0.521. The zero-order valence-corrected chi connectivity index (χ0v) is 17.8. The highest BCUT2D eigenvalue weighted by molar-refractivity contribution is 6.02.